The van der Waals surface area contributed by atoms with E-state index < -0.39 is 35.6 Å². The summed E-state index contributed by atoms with van der Waals surface area (Å²) in [6.07, 6.45) is -1.39. The fourth-order valence-electron chi connectivity index (χ4n) is 5.12. The summed E-state index contributed by atoms with van der Waals surface area (Å²) in [5.74, 6) is -2.23. The molecule has 4 atom stereocenters. The first-order chi connectivity index (χ1) is 15.6. The van der Waals surface area contributed by atoms with E-state index in [0.717, 1.165) is 11.3 Å². The van der Waals surface area contributed by atoms with E-state index in [1.807, 2.05) is 50.4 Å². The van der Waals surface area contributed by atoms with Crippen molar-refractivity contribution in [2.75, 3.05) is 13.1 Å². The molecule has 180 valence electrons. The van der Waals surface area contributed by atoms with Crippen LogP contribution in [-0.4, -0.2) is 52.1 Å². The summed E-state index contributed by atoms with van der Waals surface area (Å²) in [6.45, 7) is 4.79. The van der Waals surface area contributed by atoms with Gasteiger partial charge >= 0.3 is 6.18 Å². The number of nitrogens with zero attached hydrogens (tertiary/aromatic N) is 3. The van der Waals surface area contributed by atoms with Crippen molar-refractivity contribution < 1.29 is 22.7 Å². The fourth-order valence-corrected chi connectivity index (χ4v) is 5.12. The number of hydrogen-bond acceptors (Lipinski definition) is 4. The quantitative estimate of drug-likeness (QED) is 0.703. The van der Waals surface area contributed by atoms with Gasteiger partial charge in [-0.05, 0) is 55.5 Å². The van der Waals surface area contributed by atoms with E-state index in [2.05, 4.69) is 5.10 Å². The lowest BCUT2D eigenvalue weighted by molar-refractivity contribution is -0.211. The van der Waals surface area contributed by atoms with Gasteiger partial charge in [-0.15, -0.1) is 0 Å². The molecule has 2 aliphatic rings. The smallest absolute Gasteiger partial charge is 0.364 e. The lowest BCUT2D eigenvalue weighted by atomic mass is 9.77. The molecule has 0 bridgehead atoms. The summed E-state index contributed by atoms with van der Waals surface area (Å²) in [5.41, 5.74) is 6.98. The minimum absolute atomic E-state index is 0.0116. The zero-order valence-electron chi connectivity index (χ0n) is 19.0. The third-order valence-corrected chi connectivity index (χ3v) is 6.92. The summed E-state index contributed by atoms with van der Waals surface area (Å²) in [6, 6.07) is 9.63. The van der Waals surface area contributed by atoms with Crippen LogP contribution in [0.3, 0.4) is 0 Å². The normalized spacial score (nSPS) is 27.8. The Hall–Kier alpha value is -2.39. The maximum Gasteiger partial charge on any atom is 0.392 e. The molecule has 1 amide bonds. The van der Waals surface area contributed by atoms with E-state index in [1.54, 1.807) is 15.8 Å². The molecule has 6 nitrogen and oxygen atoms in total. The maximum atomic E-state index is 13.5. The second kappa shape index (κ2) is 9.10. The number of aromatic nitrogens is 2. The van der Waals surface area contributed by atoms with Crippen molar-refractivity contribution in [1.82, 2.24) is 14.7 Å². The Morgan fingerprint density at radius 3 is 2.55 bits per heavy atom. The van der Waals surface area contributed by atoms with Crippen molar-refractivity contribution in [2.45, 2.75) is 58.0 Å². The molecule has 1 aromatic carbocycles. The van der Waals surface area contributed by atoms with Gasteiger partial charge in [-0.3, -0.25) is 4.79 Å². The van der Waals surface area contributed by atoms with Crippen molar-refractivity contribution >= 4 is 5.91 Å². The monoisotopic (exact) mass is 464 g/mol. The molecule has 9 heteroatoms. The third kappa shape index (κ3) is 5.09. The van der Waals surface area contributed by atoms with E-state index in [4.69, 9.17) is 10.5 Å². The largest absolute Gasteiger partial charge is 0.392 e. The summed E-state index contributed by atoms with van der Waals surface area (Å²) in [5, 5.41) is 4.20. The molecule has 1 aromatic heterocycles. The van der Waals surface area contributed by atoms with Gasteiger partial charge in [0, 0.05) is 30.9 Å². The number of benzene rings is 1. The third-order valence-electron chi connectivity index (χ3n) is 6.92. The van der Waals surface area contributed by atoms with Crippen LogP contribution in [0.25, 0.3) is 5.69 Å². The molecular formula is C24H31F3N4O2. The van der Waals surface area contributed by atoms with Gasteiger partial charge in [-0.2, -0.15) is 18.3 Å². The number of ether oxygens (including phenoxy) is 1. The van der Waals surface area contributed by atoms with E-state index in [-0.39, 0.29) is 18.9 Å². The Labute approximate surface area is 191 Å². The van der Waals surface area contributed by atoms with E-state index in [1.165, 1.54) is 0 Å². The molecule has 2 fully saturated rings. The van der Waals surface area contributed by atoms with Crippen molar-refractivity contribution in [3.8, 4) is 5.69 Å². The van der Waals surface area contributed by atoms with Gasteiger partial charge in [0.15, 0.2) is 0 Å². The summed E-state index contributed by atoms with van der Waals surface area (Å²) < 4.78 is 48.4. The SMILES string of the molecule is CC1(C)CN(Cc2ccc(-n3cccn3)cc2)C(=O)C1OC1CCC(CN)C(C(F)(F)F)C1. The number of amides is 1. The molecule has 33 heavy (non-hydrogen) atoms. The van der Waals surface area contributed by atoms with Crippen molar-refractivity contribution in [3.05, 3.63) is 48.3 Å². The average molecular weight is 465 g/mol. The standard InChI is InChI=1S/C24H31F3N4O2/c1-23(2)15-30(14-16-4-7-18(8-5-16)31-11-3-10-29-31)22(32)21(23)33-19-9-6-17(13-28)20(12-19)24(25,26)27/h3-5,7-8,10-11,17,19-21H,6,9,12-15,28H2,1-2H3. The van der Waals surface area contributed by atoms with E-state index >= 15 is 0 Å². The predicted octanol–water partition coefficient (Wildman–Crippen LogP) is 3.93. The van der Waals surface area contributed by atoms with Gasteiger partial charge in [0.1, 0.15) is 6.10 Å². The zero-order valence-corrected chi connectivity index (χ0v) is 19.0. The van der Waals surface area contributed by atoms with Crippen molar-refractivity contribution in [2.24, 2.45) is 23.0 Å². The Kier molecular flexibility index (Phi) is 6.55. The zero-order chi connectivity index (χ0) is 23.8. The molecule has 1 saturated carbocycles. The van der Waals surface area contributed by atoms with Crippen LogP contribution in [0, 0.1) is 17.3 Å². The maximum absolute atomic E-state index is 13.5. The summed E-state index contributed by atoms with van der Waals surface area (Å²) in [7, 11) is 0. The van der Waals surface area contributed by atoms with E-state index in [9.17, 15) is 18.0 Å². The lowest BCUT2D eigenvalue weighted by Gasteiger charge is -2.38. The number of carbonyl (C=O) groups excluding carboxylic acids is 1. The Morgan fingerprint density at radius 1 is 1.21 bits per heavy atom. The molecule has 4 rings (SSSR count). The Bertz CT molecular complexity index is 944. The highest BCUT2D eigenvalue weighted by Gasteiger charge is 2.51. The van der Waals surface area contributed by atoms with Crippen LogP contribution < -0.4 is 5.73 Å². The van der Waals surface area contributed by atoms with Crippen LogP contribution in [0.5, 0.6) is 0 Å². The van der Waals surface area contributed by atoms with Gasteiger partial charge in [0.05, 0.1) is 17.7 Å². The van der Waals surface area contributed by atoms with Crippen LogP contribution in [-0.2, 0) is 16.1 Å². The molecule has 2 N–H and O–H groups in total. The highest BCUT2D eigenvalue weighted by atomic mass is 19.4. The molecule has 1 aliphatic carbocycles. The van der Waals surface area contributed by atoms with Crippen molar-refractivity contribution in [3.63, 3.8) is 0 Å². The number of rotatable bonds is 6. The van der Waals surface area contributed by atoms with Gasteiger partial charge in [0.2, 0.25) is 0 Å². The molecular weight excluding hydrogens is 433 g/mol. The number of carbonyl (C=O) groups is 1. The van der Waals surface area contributed by atoms with Crippen LogP contribution >= 0.6 is 0 Å². The first-order valence-corrected chi connectivity index (χ1v) is 11.4. The highest BCUT2D eigenvalue weighted by molar-refractivity contribution is 5.84. The first kappa shape index (κ1) is 23.8. The van der Waals surface area contributed by atoms with Gasteiger partial charge in [-0.1, -0.05) is 26.0 Å². The molecule has 2 heterocycles. The number of alkyl halides is 3. The average Bonchev–Trinajstić information content (AvgIpc) is 3.37. The topological polar surface area (TPSA) is 73.4 Å². The Balaban J connectivity index is 1.41. The minimum atomic E-state index is -4.31. The number of nitrogens with two attached hydrogens (primary N) is 1. The van der Waals surface area contributed by atoms with E-state index in [0.29, 0.717) is 25.9 Å². The van der Waals surface area contributed by atoms with Crippen LogP contribution in [0.4, 0.5) is 13.2 Å². The predicted molar refractivity (Wildman–Crippen MR) is 117 cm³/mol. The molecule has 2 aromatic rings. The number of likely N-dealkylation sites (tertiary alicyclic amines) is 1. The summed E-state index contributed by atoms with van der Waals surface area (Å²) in [4.78, 5) is 14.9. The number of halogens is 3. The lowest BCUT2D eigenvalue weighted by Crippen LogP contribution is -2.44. The minimum Gasteiger partial charge on any atom is -0.364 e. The fraction of sp³-hybridized carbons (Fsp3) is 0.583. The molecule has 0 spiro atoms. The van der Waals surface area contributed by atoms with Crippen LogP contribution in [0.1, 0.15) is 38.7 Å². The molecule has 1 aliphatic heterocycles. The van der Waals surface area contributed by atoms with Gasteiger partial charge in [-0.25, -0.2) is 4.68 Å². The highest BCUT2D eigenvalue weighted by Crippen LogP contribution is 2.44. The van der Waals surface area contributed by atoms with Crippen LogP contribution in [0.2, 0.25) is 0 Å². The second-order valence-electron chi connectivity index (χ2n) is 9.90. The Morgan fingerprint density at radius 2 is 1.94 bits per heavy atom. The molecule has 4 unspecified atom stereocenters. The van der Waals surface area contributed by atoms with Crippen molar-refractivity contribution in [1.29, 1.82) is 0 Å². The number of hydrogen-bond donors (Lipinski definition) is 1. The molecule has 1 saturated heterocycles. The second-order valence-corrected chi connectivity index (χ2v) is 9.90. The molecule has 0 radical (unpaired) electrons. The van der Waals surface area contributed by atoms with Gasteiger partial charge in [0.25, 0.3) is 5.91 Å². The summed E-state index contributed by atoms with van der Waals surface area (Å²) >= 11 is 0. The first-order valence-electron chi connectivity index (χ1n) is 11.4. The van der Waals surface area contributed by atoms with Gasteiger partial charge < -0.3 is 15.4 Å². The van der Waals surface area contributed by atoms with Crippen LogP contribution in [0.15, 0.2) is 42.7 Å².